The van der Waals surface area contributed by atoms with Crippen LogP contribution in [0.1, 0.15) is 41.6 Å². The third-order valence-electron chi connectivity index (χ3n) is 8.43. The van der Waals surface area contributed by atoms with Gasteiger partial charge in [-0.25, -0.2) is 4.39 Å². The van der Waals surface area contributed by atoms with Crippen molar-refractivity contribution in [3.05, 3.63) is 89.7 Å². The quantitative estimate of drug-likeness (QED) is 0.442. The van der Waals surface area contributed by atoms with E-state index in [1.165, 1.54) is 12.1 Å². The number of aliphatic hydroxyl groups excluding tert-OH is 1. The van der Waals surface area contributed by atoms with Crippen LogP contribution in [-0.2, 0) is 16.1 Å². The molecule has 5 atom stereocenters. The van der Waals surface area contributed by atoms with Gasteiger partial charge in [-0.15, -0.1) is 0 Å². The number of halogens is 1. The zero-order valence-electron chi connectivity index (χ0n) is 23.4. The first kappa shape index (κ1) is 28.3. The van der Waals surface area contributed by atoms with E-state index in [0.29, 0.717) is 56.7 Å². The molecule has 2 fully saturated rings. The van der Waals surface area contributed by atoms with E-state index >= 15 is 0 Å². The van der Waals surface area contributed by atoms with Crippen molar-refractivity contribution in [1.82, 2.24) is 15.5 Å². The number of fused-ring (bicyclic) bond motifs is 5. The molecule has 0 radical (unpaired) electrons. The van der Waals surface area contributed by atoms with Crippen LogP contribution >= 0.6 is 0 Å². The van der Waals surface area contributed by atoms with Crippen molar-refractivity contribution < 1.29 is 28.6 Å². The summed E-state index contributed by atoms with van der Waals surface area (Å²) in [6.45, 7) is 1.41. The Balaban J connectivity index is 1.29. The number of carbonyl (C=O) groups is 2. The van der Waals surface area contributed by atoms with Crippen molar-refractivity contribution in [3.63, 3.8) is 0 Å². The molecule has 3 aromatic rings. The highest BCUT2D eigenvalue weighted by atomic mass is 19.1. The van der Waals surface area contributed by atoms with E-state index in [-0.39, 0.29) is 36.3 Å². The summed E-state index contributed by atoms with van der Waals surface area (Å²) in [4.78, 5) is 29.1. The van der Waals surface area contributed by atoms with Crippen molar-refractivity contribution in [2.45, 2.75) is 62.6 Å². The molecule has 3 aromatic carbocycles. The van der Waals surface area contributed by atoms with Crippen molar-refractivity contribution in [2.24, 2.45) is 0 Å². The van der Waals surface area contributed by atoms with Gasteiger partial charge in [0.15, 0.2) is 0 Å². The lowest BCUT2D eigenvalue weighted by Crippen LogP contribution is -2.50. The van der Waals surface area contributed by atoms with Crippen LogP contribution in [0.15, 0.2) is 72.8 Å². The lowest BCUT2D eigenvalue weighted by Gasteiger charge is -2.34. The minimum atomic E-state index is -0.665. The van der Waals surface area contributed by atoms with Crippen LogP contribution in [0.3, 0.4) is 0 Å². The fraction of sp³-hybridized carbons (Fsp3) is 0.394. The largest absolute Gasteiger partial charge is 0.493 e. The Bertz CT molecular complexity index is 1400. The molecule has 3 aliphatic rings. The summed E-state index contributed by atoms with van der Waals surface area (Å²) in [5.74, 6) is -0.280. The Morgan fingerprint density at radius 3 is 2.57 bits per heavy atom. The van der Waals surface area contributed by atoms with E-state index < -0.39 is 18.2 Å². The third-order valence-corrected chi connectivity index (χ3v) is 8.43. The topological polar surface area (TPSA) is 100 Å². The van der Waals surface area contributed by atoms with Gasteiger partial charge in [0.25, 0.3) is 5.91 Å². The maximum absolute atomic E-state index is 13.6. The predicted octanol–water partition coefficient (Wildman–Crippen LogP) is 3.67. The average molecular weight is 574 g/mol. The number of likely N-dealkylation sites (tertiary alicyclic amines) is 1. The Kier molecular flexibility index (Phi) is 8.51. The zero-order valence-corrected chi connectivity index (χ0v) is 23.4. The zero-order chi connectivity index (χ0) is 29.1. The smallest absolute Gasteiger partial charge is 0.255 e. The van der Waals surface area contributed by atoms with Crippen molar-refractivity contribution >= 4 is 11.8 Å². The summed E-state index contributed by atoms with van der Waals surface area (Å²) in [6, 6.07) is 20.9. The van der Waals surface area contributed by atoms with Gasteiger partial charge in [0, 0.05) is 32.1 Å². The Morgan fingerprint density at radius 1 is 0.952 bits per heavy atom. The molecule has 2 amide bonds. The van der Waals surface area contributed by atoms with Crippen LogP contribution in [0.25, 0.3) is 11.1 Å². The van der Waals surface area contributed by atoms with Crippen LogP contribution in [0.5, 0.6) is 5.75 Å². The van der Waals surface area contributed by atoms with E-state index in [1.54, 1.807) is 18.2 Å². The molecule has 0 aromatic heterocycles. The second-order valence-electron chi connectivity index (χ2n) is 11.4. The molecular weight excluding hydrogens is 537 g/mol. The second-order valence-corrected chi connectivity index (χ2v) is 11.4. The first-order valence-electron chi connectivity index (χ1n) is 14.7. The molecule has 2 saturated heterocycles. The first-order chi connectivity index (χ1) is 20.4. The van der Waals surface area contributed by atoms with Gasteiger partial charge in [-0.1, -0.05) is 48.5 Å². The van der Waals surface area contributed by atoms with E-state index in [9.17, 15) is 19.1 Å². The van der Waals surface area contributed by atoms with Gasteiger partial charge in [0.1, 0.15) is 17.7 Å². The number of carbonyl (C=O) groups excluding carboxylic acids is 2. The van der Waals surface area contributed by atoms with Gasteiger partial charge < -0.3 is 25.2 Å². The van der Waals surface area contributed by atoms with Crippen molar-refractivity contribution in [1.29, 1.82) is 0 Å². The van der Waals surface area contributed by atoms with Gasteiger partial charge in [-0.05, 0) is 60.2 Å². The lowest BCUT2D eigenvalue weighted by atomic mass is 9.99. The van der Waals surface area contributed by atoms with E-state index in [2.05, 4.69) is 10.6 Å². The van der Waals surface area contributed by atoms with E-state index in [1.807, 2.05) is 47.4 Å². The molecule has 8 nitrogen and oxygen atoms in total. The normalized spacial score (nSPS) is 27.0. The maximum Gasteiger partial charge on any atom is 0.255 e. The lowest BCUT2D eigenvalue weighted by molar-refractivity contribution is -0.133. The SMILES string of the molecule is O=C1N[C@H]2C[C@@H](C(=O)NC[C@H]3O[C@H](CCOc4cc(-c5ccccc5)ccc41)CC[C@@H]3O)N(Cc1ccc(F)cc1)C2. The standard InChI is InChI=1S/C33H36FN3O5/c34-24-9-6-21(7-10-24)19-37-20-25-17-28(37)33(40)35-18-31-29(38)13-11-26(42-31)14-15-41-30-16-23(22-4-2-1-3-5-22)8-12-27(30)32(39)36-25/h1-10,12,16,25-26,28-29,31,38H,11,13-15,17-20H2,(H,35,40)(H,36,39)/t25-,26-,28-,29-,31+/m0/s1. The molecule has 0 spiro atoms. The third kappa shape index (κ3) is 6.48. The molecule has 3 N–H and O–H groups in total. The predicted molar refractivity (Wildman–Crippen MR) is 155 cm³/mol. The van der Waals surface area contributed by atoms with Gasteiger partial charge in [-0.2, -0.15) is 0 Å². The summed E-state index contributed by atoms with van der Waals surface area (Å²) in [5, 5.41) is 16.7. The molecule has 42 heavy (non-hydrogen) atoms. The van der Waals surface area contributed by atoms with Gasteiger partial charge >= 0.3 is 0 Å². The fourth-order valence-corrected chi connectivity index (χ4v) is 6.15. The minimum absolute atomic E-state index is 0.136. The summed E-state index contributed by atoms with van der Waals surface area (Å²) in [7, 11) is 0. The van der Waals surface area contributed by atoms with Crippen molar-refractivity contribution in [2.75, 3.05) is 19.7 Å². The van der Waals surface area contributed by atoms with Crippen LogP contribution < -0.4 is 15.4 Å². The number of hydrogen-bond donors (Lipinski definition) is 3. The number of amides is 2. The molecule has 0 aliphatic carbocycles. The molecule has 0 unspecified atom stereocenters. The summed E-state index contributed by atoms with van der Waals surface area (Å²) in [5.41, 5.74) is 3.26. The highest BCUT2D eigenvalue weighted by Gasteiger charge is 2.39. The highest BCUT2D eigenvalue weighted by molar-refractivity contribution is 5.98. The molecule has 4 bridgehead atoms. The van der Waals surface area contributed by atoms with Crippen LogP contribution in [0, 0.1) is 5.82 Å². The Morgan fingerprint density at radius 2 is 1.76 bits per heavy atom. The fourth-order valence-electron chi connectivity index (χ4n) is 6.15. The van der Waals surface area contributed by atoms with E-state index in [0.717, 1.165) is 16.7 Å². The van der Waals surface area contributed by atoms with E-state index in [4.69, 9.17) is 9.47 Å². The molecular formula is C33H36FN3O5. The van der Waals surface area contributed by atoms with Gasteiger partial charge in [-0.3, -0.25) is 14.5 Å². The molecule has 6 rings (SSSR count). The minimum Gasteiger partial charge on any atom is -0.493 e. The Labute approximate surface area is 244 Å². The summed E-state index contributed by atoms with van der Waals surface area (Å²) < 4.78 is 25.9. The molecule has 9 heteroatoms. The maximum atomic E-state index is 13.6. The molecule has 3 heterocycles. The van der Waals surface area contributed by atoms with Crippen molar-refractivity contribution in [3.8, 4) is 16.9 Å². The first-order valence-corrected chi connectivity index (χ1v) is 14.7. The summed E-state index contributed by atoms with van der Waals surface area (Å²) in [6.07, 6.45) is 0.940. The number of ether oxygens (including phenoxy) is 2. The monoisotopic (exact) mass is 573 g/mol. The molecule has 220 valence electrons. The van der Waals surface area contributed by atoms with Crippen LogP contribution in [0.2, 0.25) is 0 Å². The van der Waals surface area contributed by atoms with Crippen LogP contribution in [-0.4, -0.2) is 71.9 Å². The van der Waals surface area contributed by atoms with Gasteiger partial charge in [0.2, 0.25) is 5.91 Å². The number of benzene rings is 3. The average Bonchev–Trinajstić information content (AvgIpc) is 3.40. The highest BCUT2D eigenvalue weighted by Crippen LogP contribution is 2.30. The molecule has 0 saturated carbocycles. The Hall–Kier alpha value is -3.79. The second kappa shape index (κ2) is 12.6. The summed E-state index contributed by atoms with van der Waals surface area (Å²) >= 11 is 0. The number of aliphatic hydroxyl groups is 1. The molecule has 3 aliphatic heterocycles. The number of rotatable bonds is 3. The number of nitrogens with one attached hydrogen (secondary N) is 2. The number of nitrogens with zero attached hydrogens (tertiary/aromatic N) is 1. The van der Waals surface area contributed by atoms with Crippen LogP contribution in [0.4, 0.5) is 4.39 Å². The number of hydrogen-bond acceptors (Lipinski definition) is 6. The van der Waals surface area contributed by atoms with Gasteiger partial charge in [0.05, 0.1) is 30.4 Å².